The number of carbonyl (C=O) groups excluding carboxylic acids is 1. The van der Waals surface area contributed by atoms with E-state index in [0.29, 0.717) is 5.92 Å². The van der Waals surface area contributed by atoms with Crippen LogP contribution in [0.1, 0.15) is 66.7 Å². The number of methoxy groups -OCH3 is 1. The Balaban J connectivity index is 1.70. The van der Waals surface area contributed by atoms with Crippen LogP contribution in [0, 0.1) is 16.7 Å². The van der Waals surface area contributed by atoms with Gasteiger partial charge >= 0.3 is 6.03 Å². The van der Waals surface area contributed by atoms with Gasteiger partial charge in [-0.1, -0.05) is 33.8 Å². The van der Waals surface area contributed by atoms with E-state index in [4.69, 9.17) is 4.74 Å². The fraction of sp³-hybridized carbons (Fsp3) is 0.792. The number of rotatable bonds is 1. The number of amides is 2. The van der Waals surface area contributed by atoms with Crippen LogP contribution in [0.5, 0.6) is 0 Å². The third kappa shape index (κ3) is 2.70. The maximum atomic E-state index is 13.4. The number of piperidine rings is 2. The zero-order valence-electron chi connectivity index (χ0n) is 18.7. The molecule has 2 unspecified atom stereocenters. The molecule has 156 valence electrons. The Bertz CT molecular complexity index is 718. The molecule has 0 spiro atoms. The third-order valence-corrected chi connectivity index (χ3v) is 8.93. The fourth-order valence-electron chi connectivity index (χ4n) is 6.16. The second-order valence-electron chi connectivity index (χ2n) is 10.5. The Morgan fingerprint density at radius 3 is 2.43 bits per heavy atom. The van der Waals surface area contributed by atoms with Crippen LogP contribution in [0.2, 0.25) is 0 Å². The number of ether oxygens (including phenoxy) is 1. The topological polar surface area (TPSA) is 32.8 Å². The summed E-state index contributed by atoms with van der Waals surface area (Å²) < 4.78 is 5.91. The number of hydrogen-bond acceptors (Lipinski definition) is 2. The summed E-state index contributed by atoms with van der Waals surface area (Å²) in [5.41, 5.74) is 2.82. The molecule has 2 saturated heterocycles. The monoisotopic (exact) mass is 386 g/mol. The van der Waals surface area contributed by atoms with Gasteiger partial charge in [-0.3, -0.25) is 0 Å². The van der Waals surface area contributed by atoms with E-state index in [2.05, 4.69) is 56.6 Å². The summed E-state index contributed by atoms with van der Waals surface area (Å²) in [6.07, 6.45) is 10.4. The van der Waals surface area contributed by atoms with Crippen molar-refractivity contribution >= 4 is 6.03 Å². The van der Waals surface area contributed by atoms with Gasteiger partial charge in [0.15, 0.2) is 0 Å². The number of carbonyl (C=O) groups is 1. The lowest BCUT2D eigenvalue weighted by Gasteiger charge is -2.63. The molecule has 0 aromatic carbocycles. The molecular formula is C24H38N2O2. The summed E-state index contributed by atoms with van der Waals surface area (Å²) in [5.74, 6) is 0.355. The molecule has 0 aromatic rings. The number of likely N-dealkylation sites (tertiary alicyclic amines) is 2. The normalized spacial score (nSPS) is 39.8. The predicted octanol–water partition coefficient (Wildman–Crippen LogP) is 5.01. The molecule has 4 heteroatoms. The molecule has 2 aliphatic carbocycles. The Kier molecular flexibility index (Phi) is 4.73. The van der Waals surface area contributed by atoms with Crippen LogP contribution in [0.15, 0.2) is 23.3 Å². The van der Waals surface area contributed by atoms with Crippen LogP contribution in [0.25, 0.3) is 0 Å². The fourth-order valence-corrected chi connectivity index (χ4v) is 6.16. The van der Waals surface area contributed by atoms with Gasteiger partial charge in [-0.05, 0) is 61.7 Å². The van der Waals surface area contributed by atoms with E-state index in [1.807, 2.05) is 7.11 Å². The maximum absolute atomic E-state index is 13.4. The van der Waals surface area contributed by atoms with Crippen LogP contribution < -0.4 is 0 Å². The lowest BCUT2D eigenvalue weighted by Crippen LogP contribution is -2.65. The van der Waals surface area contributed by atoms with Crippen LogP contribution in [0.4, 0.5) is 4.79 Å². The highest BCUT2D eigenvalue weighted by atomic mass is 16.5. The van der Waals surface area contributed by atoms with Gasteiger partial charge in [0, 0.05) is 44.1 Å². The molecule has 3 fully saturated rings. The summed E-state index contributed by atoms with van der Waals surface area (Å²) >= 11 is 0. The number of nitrogens with zero attached hydrogens (tertiary/aromatic N) is 2. The summed E-state index contributed by atoms with van der Waals surface area (Å²) in [6.45, 7) is 14.4. The van der Waals surface area contributed by atoms with E-state index in [1.165, 1.54) is 17.6 Å². The van der Waals surface area contributed by atoms with Crippen molar-refractivity contribution < 1.29 is 9.53 Å². The van der Waals surface area contributed by atoms with Crippen molar-refractivity contribution in [2.24, 2.45) is 16.7 Å². The van der Waals surface area contributed by atoms with E-state index < -0.39 is 0 Å². The van der Waals surface area contributed by atoms with Gasteiger partial charge in [-0.25, -0.2) is 4.79 Å². The molecular weight excluding hydrogens is 348 g/mol. The summed E-state index contributed by atoms with van der Waals surface area (Å²) in [5, 5.41) is 0. The van der Waals surface area contributed by atoms with Gasteiger partial charge in [0.25, 0.3) is 0 Å². The Hall–Kier alpha value is -1.29. The first-order valence-corrected chi connectivity index (χ1v) is 11.2. The van der Waals surface area contributed by atoms with Crippen molar-refractivity contribution in [3.05, 3.63) is 23.3 Å². The quantitative estimate of drug-likeness (QED) is 0.634. The molecule has 0 radical (unpaired) electrons. The minimum absolute atomic E-state index is 0.0560. The largest absolute Gasteiger partial charge is 0.374 e. The Morgan fingerprint density at radius 2 is 1.79 bits per heavy atom. The minimum atomic E-state index is -0.257. The van der Waals surface area contributed by atoms with Gasteiger partial charge < -0.3 is 14.5 Å². The number of urea groups is 1. The zero-order chi connectivity index (χ0) is 20.3. The van der Waals surface area contributed by atoms with E-state index in [0.717, 1.165) is 45.3 Å². The molecule has 2 heterocycles. The maximum Gasteiger partial charge on any atom is 0.320 e. The van der Waals surface area contributed by atoms with Crippen LogP contribution >= 0.6 is 0 Å². The van der Waals surface area contributed by atoms with Gasteiger partial charge in [0.05, 0.1) is 5.60 Å². The van der Waals surface area contributed by atoms with E-state index >= 15 is 0 Å². The van der Waals surface area contributed by atoms with Crippen LogP contribution in [-0.4, -0.2) is 54.2 Å². The molecule has 4 aliphatic rings. The SMILES string of the molecule is COC1(C)C=C2C[C@@H]3N(C(=O)N4CCCCC4)CC[C@](C)(C2=CC1C)C3(C)C. The standard InChI is InChI=1S/C24H38N2O2/c1-17-14-19-18(16-24(17,5)28-6)15-20-22(2,3)23(19,4)10-13-26(20)21(27)25-11-8-7-9-12-25/h14,16-17,20H,7-13,15H2,1-6H3/t17?,20-,23+,24?/m0/s1. The molecule has 2 amide bonds. The summed E-state index contributed by atoms with van der Waals surface area (Å²) in [7, 11) is 1.81. The van der Waals surface area contributed by atoms with E-state index in [-0.39, 0.29) is 28.5 Å². The summed E-state index contributed by atoms with van der Waals surface area (Å²) in [6, 6.07) is 0.519. The molecule has 0 aromatic heterocycles. The van der Waals surface area contributed by atoms with Crippen molar-refractivity contribution in [2.75, 3.05) is 26.7 Å². The average Bonchev–Trinajstić information content (AvgIpc) is 2.67. The lowest BCUT2D eigenvalue weighted by atomic mass is 9.48. The zero-order valence-corrected chi connectivity index (χ0v) is 18.7. The van der Waals surface area contributed by atoms with Crippen molar-refractivity contribution in [2.45, 2.75) is 78.4 Å². The highest BCUT2D eigenvalue weighted by molar-refractivity contribution is 5.75. The second kappa shape index (κ2) is 6.62. The van der Waals surface area contributed by atoms with Crippen molar-refractivity contribution in [3.8, 4) is 0 Å². The smallest absolute Gasteiger partial charge is 0.320 e. The first-order chi connectivity index (χ1) is 13.1. The van der Waals surface area contributed by atoms with Crippen molar-refractivity contribution in [1.29, 1.82) is 0 Å². The second-order valence-corrected chi connectivity index (χ2v) is 10.5. The van der Waals surface area contributed by atoms with E-state index in [9.17, 15) is 4.79 Å². The van der Waals surface area contributed by atoms with Crippen molar-refractivity contribution in [1.82, 2.24) is 9.80 Å². The van der Waals surface area contributed by atoms with E-state index in [1.54, 1.807) is 0 Å². The van der Waals surface area contributed by atoms with Crippen molar-refractivity contribution in [3.63, 3.8) is 0 Å². The van der Waals surface area contributed by atoms with Gasteiger partial charge in [0.2, 0.25) is 0 Å². The van der Waals surface area contributed by atoms with Crippen LogP contribution in [0.3, 0.4) is 0 Å². The Labute approximate surface area is 171 Å². The highest BCUT2D eigenvalue weighted by Crippen LogP contribution is 2.62. The summed E-state index contributed by atoms with van der Waals surface area (Å²) in [4.78, 5) is 17.8. The molecule has 4 atom stereocenters. The average molecular weight is 387 g/mol. The molecule has 2 bridgehead atoms. The molecule has 4 rings (SSSR count). The number of hydrogen-bond donors (Lipinski definition) is 0. The molecule has 1 saturated carbocycles. The minimum Gasteiger partial charge on any atom is -0.374 e. The van der Waals surface area contributed by atoms with Gasteiger partial charge in [-0.15, -0.1) is 0 Å². The molecule has 28 heavy (non-hydrogen) atoms. The molecule has 4 nitrogen and oxygen atoms in total. The third-order valence-electron chi connectivity index (χ3n) is 8.93. The molecule has 0 N–H and O–H groups in total. The number of allylic oxidation sites excluding steroid dienone is 1. The molecule has 2 aliphatic heterocycles. The van der Waals surface area contributed by atoms with Gasteiger partial charge in [-0.2, -0.15) is 0 Å². The first-order valence-electron chi connectivity index (χ1n) is 11.2. The predicted molar refractivity (Wildman–Crippen MR) is 113 cm³/mol. The van der Waals surface area contributed by atoms with Gasteiger partial charge in [0.1, 0.15) is 0 Å². The van der Waals surface area contributed by atoms with Crippen LogP contribution in [-0.2, 0) is 4.74 Å². The highest BCUT2D eigenvalue weighted by Gasteiger charge is 2.59. The number of fused-ring (bicyclic) bond motifs is 4. The lowest BCUT2D eigenvalue weighted by molar-refractivity contribution is -0.0527. The first kappa shape index (κ1) is 20.0. The Morgan fingerprint density at radius 1 is 1.11 bits per heavy atom.